The number of likely N-dealkylation sites (tertiary alicyclic amines) is 1. The highest BCUT2D eigenvalue weighted by Gasteiger charge is 2.27. The Morgan fingerprint density at radius 3 is 2.52 bits per heavy atom. The molecule has 3 rings (SSSR count). The van der Waals surface area contributed by atoms with Crippen LogP contribution in [0.25, 0.3) is 0 Å². The average Bonchev–Trinajstić information content (AvgIpc) is 2.73. The molecule has 2 fully saturated rings. The molecule has 3 heterocycles. The molecule has 2 aliphatic rings. The second kappa shape index (κ2) is 9.06. The maximum absolute atomic E-state index is 12.9. The quantitative estimate of drug-likeness (QED) is 0.811. The zero-order valence-electron chi connectivity index (χ0n) is 16.4. The topological polar surface area (TPSA) is 66.0 Å². The molecule has 2 amide bonds. The number of anilines is 1. The van der Waals surface area contributed by atoms with Crippen molar-refractivity contribution < 1.29 is 14.3 Å². The number of amides is 2. The summed E-state index contributed by atoms with van der Waals surface area (Å²) in [6.07, 6.45) is 5.82. The number of hydrogen-bond acceptors (Lipinski definition) is 5. The van der Waals surface area contributed by atoms with E-state index in [1.165, 1.54) is 6.42 Å². The number of hydrogen-bond donors (Lipinski definition) is 0. The van der Waals surface area contributed by atoms with E-state index in [2.05, 4.69) is 16.8 Å². The summed E-state index contributed by atoms with van der Waals surface area (Å²) in [6, 6.07) is 4.14. The van der Waals surface area contributed by atoms with Crippen molar-refractivity contribution in [3.8, 4) is 0 Å². The number of piperazine rings is 1. The second-order valence-corrected chi connectivity index (χ2v) is 7.13. The van der Waals surface area contributed by atoms with Gasteiger partial charge < -0.3 is 19.4 Å². The van der Waals surface area contributed by atoms with Gasteiger partial charge in [0.1, 0.15) is 5.82 Å². The van der Waals surface area contributed by atoms with Crippen LogP contribution in [-0.4, -0.2) is 72.2 Å². The summed E-state index contributed by atoms with van der Waals surface area (Å²) in [6.45, 7) is 7.86. The van der Waals surface area contributed by atoms with E-state index >= 15 is 0 Å². The van der Waals surface area contributed by atoms with Crippen molar-refractivity contribution in [2.24, 2.45) is 0 Å². The third kappa shape index (κ3) is 4.51. The number of carbonyl (C=O) groups is 2. The van der Waals surface area contributed by atoms with Crippen molar-refractivity contribution >= 4 is 17.8 Å². The van der Waals surface area contributed by atoms with Gasteiger partial charge in [-0.1, -0.05) is 6.92 Å². The van der Waals surface area contributed by atoms with Crippen LogP contribution in [0.5, 0.6) is 0 Å². The highest BCUT2D eigenvalue weighted by molar-refractivity contribution is 5.94. The van der Waals surface area contributed by atoms with Gasteiger partial charge in [0.25, 0.3) is 5.91 Å². The van der Waals surface area contributed by atoms with E-state index in [1.807, 2.05) is 24.0 Å². The first-order valence-corrected chi connectivity index (χ1v) is 10.1. The SMILES string of the molecule is CCOC(=O)N1CCN(c2ccc(C(=O)N3CCCCC3CC)cn2)CC1. The Bertz CT molecular complexity index is 641. The standard InChI is InChI=1S/C20H30N4O3/c1-3-17-7-5-6-10-24(17)19(25)16-8-9-18(21-15-16)22-11-13-23(14-12-22)20(26)27-4-2/h8-9,15,17H,3-7,10-14H2,1-2H3. The summed E-state index contributed by atoms with van der Waals surface area (Å²) in [7, 11) is 0. The van der Waals surface area contributed by atoms with E-state index in [-0.39, 0.29) is 12.0 Å². The van der Waals surface area contributed by atoms with E-state index in [1.54, 1.807) is 11.1 Å². The molecule has 0 radical (unpaired) electrons. The number of ether oxygens (including phenoxy) is 1. The monoisotopic (exact) mass is 374 g/mol. The summed E-state index contributed by atoms with van der Waals surface area (Å²) in [5, 5.41) is 0. The molecule has 7 nitrogen and oxygen atoms in total. The Labute approximate surface area is 161 Å². The lowest BCUT2D eigenvalue weighted by atomic mass is 9.99. The highest BCUT2D eigenvalue weighted by Crippen LogP contribution is 2.22. The molecule has 1 atom stereocenters. The van der Waals surface area contributed by atoms with Gasteiger partial charge >= 0.3 is 6.09 Å². The molecule has 2 aliphatic heterocycles. The molecular weight excluding hydrogens is 344 g/mol. The van der Waals surface area contributed by atoms with Gasteiger partial charge in [0, 0.05) is 45.0 Å². The Kier molecular flexibility index (Phi) is 6.53. The number of carbonyl (C=O) groups excluding carboxylic acids is 2. The normalized spacial score (nSPS) is 20.5. The fraction of sp³-hybridized carbons (Fsp3) is 0.650. The van der Waals surface area contributed by atoms with Crippen molar-refractivity contribution in [1.82, 2.24) is 14.8 Å². The third-order valence-electron chi connectivity index (χ3n) is 5.48. The molecule has 0 bridgehead atoms. The summed E-state index contributed by atoms with van der Waals surface area (Å²) in [4.78, 5) is 35.0. The predicted octanol–water partition coefficient (Wildman–Crippen LogP) is 2.76. The Morgan fingerprint density at radius 1 is 1.11 bits per heavy atom. The molecule has 148 valence electrons. The lowest BCUT2D eigenvalue weighted by molar-refractivity contribution is 0.0607. The van der Waals surface area contributed by atoms with Crippen LogP contribution < -0.4 is 4.90 Å². The summed E-state index contributed by atoms with van der Waals surface area (Å²) < 4.78 is 5.05. The van der Waals surface area contributed by atoms with Crippen LogP contribution >= 0.6 is 0 Å². The molecule has 0 aromatic carbocycles. The molecule has 1 unspecified atom stereocenters. The van der Waals surface area contributed by atoms with E-state index in [0.717, 1.165) is 31.6 Å². The van der Waals surface area contributed by atoms with Crippen molar-refractivity contribution in [2.45, 2.75) is 45.6 Å². The Balaban J connectivity index is 1.59. The van der Waals surface area contributed by atoms with Gasteiger partial charge in [-0.25, -0.2) is 9.78 Å². The molecule has 1 aromatic rings. The molecule has 0 spiro atoms. The van der Waals surface area contributed by atoms with Gasteiger partial charge in [0.15, 0.2) is 0 Å². The lowest BCUT2D eigenvalue weighted by Gasteiger charge is -2.36. The van der Waals surface area contributed by atoms with Crippen LogP contribution in [-0.2, 0) is 4.74 Å². The first-order valence-electron chi connectivity index (χ1n) is 10.1. The molecule has 7 heteroatoms. The Hall–Kier alpha value is -2.31. The summed E-state index contributed by atoms with van der Waals surface area (Å²) >= 11 is 0. The van der Waals surface area contributed by atoms with Gasteiger partial charge in [-0.3, -0.25) is 4.79 Å². The van der Waals surface area contributed by atoms with Crippen LogP contribution in [0.3, 0.4) is 0 Å². The smallest absolute Gasteiger partial charge is 0.409 e. The molecule has 1 aromatic heterocycles. The van der Waals surface area contributed by atoms with Crippen molar-refractivity contribution in [3.05, 3.63) is 23.9 Å². The minimum atomic E-state index is -0.252. The number of rotatable bonds is 4. The fourth-order valence-electron chi connectivity index (χ4n) is 3.89. The van der Waals surface area contributed by atoms with E-state index < -0.39 is 0 Å². The maximum atomic E-state index is 12.9. The zero-order valence-corrected chi connectivity index (χ0v) is 16.4. The molecule has 2 saturated heterocycles. The number of nitrogens with zero attached hydrogens (tertiary/aromatic N) is 4. The first kappa shape index (κ1) is 19.5. The molecule has 0 aliphatic carbocycles. The van der Waals surface area contributed by atoms with Crippen LogP contribution in [0.1, 0.15) is 49.9 Å². The maximum Gasteiger partial charge on any atom is 0.409 e. The predicted molar refractivity (Wildman–Crippen MR) is 104 cm³/mol. The first-order chi connectivity index (χ1) is 13.1. The van der Waals surface area contributed by atoms with Crippen molar-refractivity contribution in [3.63, 3.8) is 0 Å². The van der Waals surface area contributed by atoms with E-state index in [9.17, 15) is 9.59 Å². The van der Waals surface area contributed by atoms with Crippen LogP contribution in [0.15, 0.2) is 18.3 Å². The lowest BCUT2D eigenvalue weighted by Crippen LogP contribution is -2.49. The zero-order chi connectivity index (χ0) is 19.2. The van der Waals surface area contributed by atoms with Gasteiger partial charge in [-0.2, -0.15) is 0 Å². The van der Waals surface area contributed by atoms with Crippen LogP contribution in [0.4, 0.5) is 10.6 Å². The summed E-state index contributed by atoms with van der Waals surface area (Å²) in [5.41, 5.74) is 0.657. The largest absolute Gasteiger partial charge is 0.450 e. The molecular formula is C20H30N4O3. The van der Waals surface area contributed by atoms with Crippen molar-refractivity contribution in [2.75, 3.05) is 44.2 Å². The minimum absolute atomic E-state index is 0.0905. The van der Waals surface area contributed by atoms with Gasteiger partial charge in [-0.15, -0.1) is 0 Å². The molecule has 27 heavy (non-hydrogen) atoms. The third-order valence-corrected chi connectivity index (χ3v) is 5.48. The van der Waals surface area contributed by atoms with E-state index in [0.29, 0.717) is 44.4 Å². The van der Waals surface area contributed by atoms with Gasteiger partial charge in [0.2, 0.25) is 0 Å². The average molecular weight is 374 g/mol. The highest BCUT2D eigenvalue weighted by atomic mass is 16.6. The number of piperidine rings is 1. The fourth-order valence-corrected chi connectivity index (χ4v) is 3.89. The van der Waals surface area contributed by atoms with Gasteiger partial charge in [-0.05, 0) is 44.7 Å². The molecule has 0 N–H and O–H groups in total. The minimum Gasteiger partial charge on any atom is -0.450 e. The Morgan fingerprint density at radius 2 is 1.89 bits per heavy atom. The second-order valence-electron chi connectivity index (χ2n) is 7.13. The van der Waals surface area contributed by atoms with Crippen molar-refractivity contribution in [1.29, 1.82) is 0 Å². The van der Waals surface area contributed by atoms with Gasteiger partial charge in [0.05, 0.1) is 12.2 Å². The van der Waals surface area contributed by atoms with E-state index in [4.69, 9.17) is 4.74 Å². The number of pyridine rings is 1. The summed E-state index contributed by atoms with van der Waals surface area (Å²) in [5.74, 6) is 0.938. The van der Waals surface area contributed by atoms with Crippen LogP contribution in [0.2, 0.25) is 0 Å². The van der Waals surface area contributed by atoms with Crippen LogP contribution in [0, 0.1) is 0 Å². The number of aromatic nitrogens is 1. The molecule has 0 saturated carbocycles.